The molecule has 23 heavy (non-hydrogen) atoms. The maximum absolute atomic E-state index is 11.8. The molecule has 1 aromatic carbocycles. The average Bonchev–Trinajstić information content (AvgIpc) is 2.93. The number of nitro benzene ring substituents is 1. The lowest BCUT2D eigenvalue weighted by atomic mass is 10.2. The fourth-order valence-corrected chi connectivity index (χ4v) is 2.10. The Hall–Kier alpha value is -2.52. The van der Waals surface area contributed by atoms with Gasteiger partial charge in [-0.25, -0.2) is 5.43 Å². The monoisotopic (exact) mass is 323 g/mol. The molecule has 1 saturated heterocycles. The van der Waals surface area contributed by atoms with Crippen LogP contribution in [-0.4, -0.2) is 43.2 Å². The molecule has 0 aliphatic carbocycles. The third-order valence-electron chi connectivity index (χ3n) is 3.18. The molecule has 1 amide bonds. The summed E-state index contributed by atoms with van der Waals surface area (Å²) in [4.78, 5) is 22.1. The van der Waals surface area contributed by atoms with Crippen molar-refractivity contribution in [1.82, 2.24) is 5.43 Å². The molecule has 9 heteroatoms. The van der Waals surface area contributed by atoms with Crippen LogP contribution in [0.5, 0.6) is 5.75 Å². The summed E-state index contributed by atoms with van der Waals surface area (Å²) in [7, 11) is 1.35. The van der Waals surface area contributed by atoms with Crippen LogP contribution < -0.4 is 10.2 Å². The normalized spacial score (nSPS) is 16.4. The molecule has 0 unspecified atom stereocenters. The Bertz CT molecular complexity index is 625. The van der Waals surface area contributed by atoms with E-state index >= 15 is 0 Å². The average molecular weight is 323 g/mol. The molecule has 124 valence electrons. The maximum Gasteiger partial charge on any atom is 0.311 e. The van der Waals surface area contributed by atoms with E-state index in [-0.39, 0.29) is 23.8 Å². The van der Waals surface area contributed by atoms with Crippen LogP contribution in [0.4, 0.5) is 5.69 Å². The number of amides is 1. The molecule has 1 aromatic rings. The van der Waals surface area contributed by atoms with Gasteiger partial charge in [-0.15, -0.1) is 0 Å². The van der Waals surface area contributed by atoms with Crippen LogP contribution in [0.1, 0.15) is 18.9 Å². The molecule has 0 bridgehead atoms. The van der Waals surface area contributed by atoms with E-state index in [4.69, 9.17) is 14.2 Å². The summed E-state index contributed by atoms with van der Waals surface area (Å²) in [5, 5.41) is 14.7. The number of methoxy groups -OCH3 is 1. The van der Waals surface area contributed by atoms with E-state index in [9.17, 15) is 14.9 Å². The number of carbonyl (C=O) groups excluding carboxylic acids is 1. The number of nitrogens with one attached hydrogen (secondary N) is 1. The van der Waals surface area contributed by atoms with Crippen LogP contribution in [0.3, 0.4) is 0 Å². The molecular weight excluding hydrogens is 306 g/mol. The van der Waals surface area contributed by atoms with Gasteiger partial charge in [0.2, 0.25) is 5.91 Å². The molecule has 9 nitrogen and oxygen atoms in total. The number of ether oxygens (including phenoxy) is 3. The minimum Gasteiger partial charge on any atom is -0.490 e. The summed E-state index contributed by atoms with van der Waals surface area (Å²) in [6.45, 7) is 2.57. The van der Waals surface area contributed by atoms with Crippen LogP contribution in [-0.2, 0) is 14.3 Å². The summed E-state index contributed by atoms with van der Waals surface area (Å²) < 4.78 is 15.5. The number of nitro groups is 1. The van der Waals surface area contributed by atoms with Crippen molar-refractivity contribution in [3.8, 4) is 5.75 Å². The van der Waals surface area contributed by atoms with Crippen molar-refractivity contribution < 1.29 is 23.9 Å². The molecule has 0 spiro atoms. The second kappa shape index (κ2) is 7.16. The lowest BCUT2D eigenvalue weighted by Crippen LogP contribution is -2.33. The second-order valence-corrected chi connectivity index (χ2v) is 4.99. The number of benzene rings is 1. The van der Waals surface area contributed by atoms with Crippen LogP contribution >= 0.6 is 0 Å². The number of rotatable bonds is 6. The van der Waals surface area contributed by atoms with E-state index < -0.39 is 10.7 Å². The zero-order chi connectivity index (χ0) is 16.9. The minimum absolute atomic E-state index is 0.00704. The first-order chi connectivity index (χ1) is 10.9. The molecule has 1 fully saturated rings. The van der Waals surface area contributed by atoms with Gasteiger partial charge < -0.3 is 14.2 Å². The van der Waals surface area contributed by atoms with Gasteiger partial charge in [-0.3, -0.25) is 14.9 Å². The highest BCUT2D eigenvalue weighted by Crippen LogP contribution is 2.26. The van der Waals surface area contributed by atoms with Crippen molar-refractivity contribution >= 4 is 17.8 Å². The van der Waals surface area contributed by atoms with Gasteiger partial charge in [0.15, 0.2) is 11.5 Å². The fraction of sp³-hybridized carbons (Fsp3) is 0.429. The Morgan fingerprint density at radius 2 is 2.22 bits per heavy atom. The molecule has 0 aromatic heterocycles. The van der Waals surface area contributed by atoms with Gasteiger partial charge in [0.1, 0.15) is 0 Å². The predicted molar refractivity (Wildman–Crippen MR) is 80.3 cm³/mol. The van der Waals surface area contributed by atoms with Crippen LogP contribution in [0, 0.1) is 10.1 Å². The molecule has 2 rings (SSSR count). The van der Waals surface area contributed by atoms with E-state index in [2.05, 4.69) is 10.5 Å². The number of nitrogens with zero attached hydrogens (tertiary/aromatic N) is 2. The minimum atomic E-state index is -0.932. The SMILES string of the molecule is COc1ccc(/C=N\NC(=O)CC2(C)OCCO2)cc1[N+](=O)[O-]. The van der Waals surface area contributed by atoms with Gasteiger partial charge in [-0.1, -0.05) is 0 Å². The van der Waals surface area contributed by atoms with Gasteiger partial charge in [0.25, 0.3) is 0 Å². The lowest BCUT2D eigenvalue weighted by molar-refractivity contribution is -0.385. The molecule has 1 aliphatic rings. The van der Waals surface area contributed by atoms with Gasteiger partial charge in [-0.2, -0.15) is 5.10 Å². The molecule has 0 saturated carbocycles. The third-order valence-corrected chi connectivity index (χ3v) is 3.18. The van der Waals surface area contributed by atoms with Crippen LogP contribution in [0.2, 0.25) is 0 Å². The van der Waals surface area contributed by atoms with Crippen molar-refractivity contribution in [2.24, 2.45) is 5.10 Å². The van der Waals surface area contributed by atoms with Gasteiger partial charge in [0, 0.05) is 11.6 Å². The summed E-state index contributed by atoms with van der Waals surface area (Å²) >= 11 is 0. The summed E-state index contributed by atoms with van der Waals surface area (Å²) in [6, 6.07) is 4.35. The Balaban J connectivity index is 1.96. The topological polar surface area (TPSA) is 112 Å². The number of hydrazone groups is 1. The van der Waals surface area contributed by atoms with Gasteiger partial charge >= 0.3 is 5.69 Å². The first-order valence-corrected chi connectivity index (χ1v) is 6.86. The van der Waals surface area contributed by atoms with E-state index in [1.54, 1.807) is 13.0 Å². The van der Waals surface area contributed by atoms with E-state index in [1.807, 2.05) is 0 Å². The first kappa shape index (κ1) is 16.8. The molecule has 1 N–H and O–H groups in total. The van der Waals surface area contributed by atoms with Crippen LogP contribution in [0.25, 0.3) is 0 Å². The smallest absolute Gasteiger partial charge is 0.311 e. The van der Waals surface area contributed by atoms with Crippen molar-refractivity contribution in [2.75, 3.05) is 20.3 Å². The summed E-state index contributed by atoms with van der Waals surface area (Å²) in [5.41, 5.74) is 2.61. The van der Waals surface area contributed by atoms with E-state index in [0.29, 0.717) is 18.8 Å². The van der Waals surface area contributed by atoms with Crippen molar-refractivity contribution in [3.63, 3.8) is 0 Å². The summed E-state index contributed by atoms with van der Waals surface area (Å²) in [5.74, 6) is -1.16. The molecule has 1 aliphatic heterocycles. The van der Waals surface area contributed by atoms with E-state index in [1.165, 1.54) is 25.5 Å². The number of carbonyl (C=O) groups is 1. The third kappa shape index (κ3) is 4.47. The predicted octanol–water partition coefficient (Wildman–Crippen LogP) is 1.21. The second-order valence-electron chi connectivity index (χ2n) is 4.99. The highest BCUT2D eigenvalue weighted by Gasteiger charge is 2.33. The van der Waals surface area contributed by atoms with Crippen LogP contribution in [0.15, 0.2) is 23.3 Å². The number of hydrogen-bond acceptors (Lipinski definition) is 7. The zero-order valence-corrected chi connectivity index (χ0v) is 12.8. The zero-order valence-electron chi connectivity index (χ0n) is 12.8. The Labute approximate surface area is 132 Å². The largest absolute Gasteiger partial charge is 0.490 e. The maximum atomic E-state index is 11.8. The molecule has 0 atom stereocenters. The first-order valence-electron chi connectivity index (χ1n) is 6.86. The Morgan fingerprint density at radius 1 is 1.52 bits per heavy atom. The molecule has 0 radical (unpaired) electrons. The quantitative estimate of drug-likeness (QED) is 0.478. The lowest BCUT2D eigenvalue weighted by Gasteiger charge is -2.20. The highest BCUT2D eigenvalue weighted by atomic mass is 16.7. The Kier molecular flexibility index (Phi) is 5.24. The summed E-state index contributed by atoms with van der Waals surface area (Å²) in [6.07, 6.45) is 1.32. The molecular formula is C14H17N3O6. The van der Waals surface area contributed by atoms with E-state index in [0.717, 1.165) is 0 Å². The van der Waals surface area contributed by atoms with Crippen molar-refractivity contribution in [3.05, 3.63) is 33.9 Å². The fourth-order valence-electron chi connectivity index (χ4n) is 2.10. The highest BCUT2D eigenvalue weighted by molar-refractivity contribution is 5.83. The number of hydrogen-bond donors (Lipinski definition) is 1. The van der Waals surface area contributed by atoms with Crippen molar-refractivity contribution in [1.29, 1.82) is 0 Å². The van der Waals surface area contributed by atoms with Crippen molar-refractivity contribution in [2.45, 2.75) is 19.1 Å². The van der Waals surface area contributed by atoms with Gasteiger partial charge in [-0.05, 0) is 19.1 Å². The molecule has 1 heterocycles. The standard InChI is InChI=1S/C14H17N3O6/c1-14(22-5-6-23-14)8-13(18)16-15-9-10-3-4-12(21-2)11(7-10)17(19)20/h3-4,7,9H,5-6,8H2,1-2H3,(H,16,18)/b15-9-. The van der Waals surface area contributed by atoms with Gasteiger partial charge in [0.05, 0.1) is 37.9 Å². The Morgan fingerprint density at radius 3 is 2.83 bits per heavy atom.